The summed E-state index contributed by atoms with van der Waals surface area (Å²) in [4.78, 5) is 7.33. The molecule has 4 aromatic rings. The van der Waals surface area contributed by atoms with Gasteiger partial charge in [0.25, 0.3) is 0 Å². The molecule has 176 valence electrons. The Kier molecular flexibility index (Phi) is 8.99. The molecule has 3 atom stereocenters. The third-order valence-corrected chi connectivity index (χ3v) is 5.54. The molecular formula is C28H30N2O4. The van der Waals surface area contributed by atoms with Crippen molar-refractivity contribution in [1.29, 1.82) is 0 Å². The van der Waals surface area contributed by atoms with E-state index in [-0.39, 0.29) is 6.61 Å². The Labute approximate surface area is 200 Å². The van der Waals surface area contributed by atoms with E-state index in [9.17, 15) is 5.11 Å². The van der Waals surface area contributed by atoms with Crippen LogP contribution in [0.3, 0.4) is 0 Å². The highest BCUT2D eigenvalue weighted by atomic mass is 16.6. The van der Waals surface area contributed by atoms with Crippen LogP contribution < -0.4 is 0 Å². The van der Waals surface area contributed by atoms with Gasteiger partial charge < -0.3 is 24.3 Å². The zero-order valence-electron chi connectivity index (χ0n) is 19.0. The highest BCUT2D eigenvalue weighted by molar-refractivity contribution is 5.16. The van der Waals surface area contributed by atoms with Gasteiger partial charge in [-0.05, 0) is 16.7 Å². The van der Waals surface area contributed by atoms with Gasteiger partial charge in [0.15, 0.2) is 0 Å². The first-order chi connectivity index (χ1) is 16.8. The molecule has 0 bridgehead atoms. The van der Waals surface area contributed by atoms with Crippen LogP contribution in [0.1, 0.15) is 28.5 Å². The molecule has 0 saturated heterocycles. The van der Waals surface area contributed by atoms with E-state index in [1.54, 1.807) is 12.5 Å². The van der Waals surface area contributed by atoms with Crippen molar-refractivity contribution in [3.63, 3.8) is 0 Å². The summed E-state index contributed by atoms with van der Waals surface area (Å²) in [6.07, 6.45) is 1.60. The maximum Gasteiger partial charge on any atom is 0.128 e. The second-order valence-electron chi connectivity index (χ2n) is 8.00. The van der Waals surface area contributed by atoms with Gasteiger partial charge in [0, 0.05) is 0 Å². The number of nitrogens with zero attached hydrogens (tertiary/aromatic N) is 1. The number of ether oxygens (including phenoxy) is 3. The van der Waals surface area contributed by atoms with Crippen molar-refractivity contribution in [3.05, 3.63) is 126 Å². The maximum atomic E-state index is 10.3. The van der Waals surface area contributed by atoms with Crippen molar-refractivity contribution < 1.29 is 19.3 Å². The van der Waals surface area contributed by atoms with Gasteiger partial charge in [-0.1, -0.05) is 91.0 Å². The molecule has 6 nitrogen and oxygen atoms in total. The molecule has 34 heavy (non-hydrogen) atoms. The van der Waals surface area contributed by atoms with Crippen LogP contribution in [-0.2, 0) is 34.0 Å². The van der Waals surface area contributed by atoms with E-state index in [1.165, 1.54) is 0 Å². The van der Waals surface area contributed by atoms with E-state index in [4.69, 9.17) is 14.2 Å². The number of aliphatic hydroxyl groups excluding tert-OH is 1. The Hall–Kier alpha value is -3.29. The molecule has 0 aliphatic heterocycles. The lowest BCUT2D eigenvalue weighted by molar-refractivity contribution is -0.164. The van der Waals surface area contributed by atoms with Crippen LogP contribution in [0.15, 0.2) is 104 Å². The lowest BCUT2D eigenvalue weighted by Gasteiger charge is -2.32. The first-order valence-electron chi connectivity index (χ1n) is 11.4. The molecular weight excluding hydrogens is 428 g/mol. The van der Waals surface area contributed by atoms with Gasteiger partial charge >= 0.3 is 0 Å². The summed E-state index contributed by atoms with van der Waals surface area (Å²) in [6.45, 7) is 0.875. The minimum Gasteiger partial charge on any atom is -0.394 e. The van der Waals surface area contributed by atoms with E-state index in [0.29, 0.717) is 19.8 Å². The number of benzene rings is 3. The Bertz CT molecular complexity index is 1060. The SMILES string of the molecule is OC[C@H](OCc1ccccc1)[C@@H](OCc1ccccc1)[C@@H](OCc1ccccc1)c1cnc[nH]1. The van der Waals surface area contributed by atoms with E-state index in [0.717, 1.165) is 22.4 Å². The number of nitrogens with one attached hydrogen (secondary N) is 1. The first kappa shape index (κ1) is 23.9. The van der Waals surface area contributed by atoms with Crippen molar-refractivity contribution >= 4 is 0 Å². The van der Waals surface area contributed by atoms with Crippen LogP contribution in [0.4, 0.5) is 0 Å². The fraction of sp³-hybridized carbons (Fsp3) is 0.250. The quantitative estimate of drug-likeness (QED) is 0.300. The zero-order valence-corrected chi connectivity index (χ0v) is 19.0. The van der Waals surface area contributed by atoms with Crippen LogP contribution in [0.5, 0.6) is 0 Å². The van der Waals surface area contributed by atoms with Crippen LogP contribution in [0, 0.1) is 0 Å². The number of hydrogen-bond donors (Lipinski definition) is 2. The number of aliphatic hydroxyl groups is 1. The molecule has 0 fully saturated rings. The first-order valence-corrected chi connectivity index (χ1v) is 11.4. The molecule has 0 unspecified atom stereocenters. The largest absolute Gasteiger partial charge is 0.394 e. The maximum absolute atomic E-state index is 10.3. The van der Waals surface area contributed by atoms with Gasteiger partial charge in [-0.2, -0.15) is 0 Å². The Morgan fingerprint density at radius 1 is 0.676 bits per heavy atom. The Balaban J connectivity index is 1.56. The predicted molar refractivity (Wildman–Crippen MR) is 130 cm³/mol. The molecule has 6 heteroatoms. The molecule has 0 aliphatic rings. The number of aromatic amines is 1. The summed E-state index contributed by atoms with van der Waals surface area (Å²) in [5, 5.41) is 10.3. The van der Waals surface area contributed by atoms with Crippen molar-refractivity contribution in [3.8, 4) is 0 Å². The molecule has 1 aromatic heterocycles. The molecule has 3 aromatic carbocycles. The minimum atomic E-state index is -0.618. The van der Waals surface area contributed by atoms with Crippen molar-refractivity contribution in [2.24, 2.45) is 0 Å². The lowest BCUT2D eigenvalue weighted by atomic mass is 10.0. The van der Waals surface area contributed by atoms with E-state index in [2.05, 4.69) is 9.97 Å². The van der Waals surface area contributed by atoms with E-state index >= 15 is 0 Å². The summed E-state index contributed by atoms with van der Waals surface area (Å²) >= 11 is 0. The summed E-state index contributed by atoms with van der Waals surface area (Å²) in [6, 6.07) is 29.8. The summed E-state index contributed by atoms with van der Waals surface area (Å²) in [5.41, 5.74) is 3.85. The predicted octanol–water partition coefficient (Wildman–Crippen LogP) is 4.83. The number of imidazole rings is 1. The molecule has 1 heterocycles. The van der Waals surface area contributed by atoms with Crippen molar-refractivity contribution in [1.82, 2.24) is 9.97 Å². The molecule has 0 amide bonds. The summed E-state index contributed by atoms with van der Waals surface area (Å²) in [7, 11) is 0. The lowest BCUT2D eigenvalue weighted by Crippen LogP contribution is -2.40. The van der Waals surface area contributed by atoms with Crippen LogP contribution in [-0.4, -0.2) is 33.9 Å². The third kappa shape index (κ3) is 6.85. The molecule has 0 aliphatic carbocycles. The average Bonchev–Trinajstić information content (AvgIpc) is 3.44. The Morgan fingerprint density at radius 3 is 1.65 bits per heavy atom. The number of H-pyrrole nitrogens is 1. The summed E-state index contributed by atoms with van der Waals surface area (Å²) < 4.78 is 18.9. The molecule has 4 rings (SSSR count). The zero-order chi connectivity index (χ0) is 23.4. The molecule has 0 saturated carbocycles. The third-order valence-electron chi connectivity index (χ3n) is 5.54. The van der Waals surface area contributed by atoms with Crippen LogP contribution in [0.25, 0.3) is 0 Å². The van der Waals surface area contributed by atoms with Gasteiger partial charge in [0.05, 0.1) is 44.6 Å². The second kappa shape index (κ2) is 12.8. The smallest absolute Gasteiger partial charge is 0.128 e. The summed E-state index contributed by atoms with van der Waals surface area (Å²) in [5.74, 6) is 0. The highest BCUT2D eigenvalue weighted by Crippen LogP contribution is 2.28. The van der Waals surface area contributed by atoms with Gasteiger partial charge in [0.1, 0.15) is 18.3 Å². The minimum absolute atomic E-state index is 0.217. The average molecular weight is 459 g/mol. The number of rotatable bonds is 13. The van der Waals surface area contributed by atoms with E-state index < -0.39 is 18.3 Å². The molecule has 0 radical (unpaired) electrons. The van der Waals surface area contributed by atoms with Gasteiger partial charge in [-0.3, -0.25) is 0 Å². The fourth-order valence-electron chi connectivity index (χ4n) is 3.73. The normalized spacial score (nSPS) is 13.9. The van der Waals surface area contributed by atoms with E-state index in [1.807, 2.05) is 91.0 Å². The second-order valence-corrected chi connectivity index (χ2v) is 8.00. The fourth-order valence-corrected chi connectivity index (χ4v) is 3.73. The standard InChI is InChI=1S/C28H30N2O4/c31-17-26(32-18-22-10-4-1-5-11-22)28(34-20-24-14-8-3-9-15-24)27(25-16-29-21-30-25)33-19-23-12-6-2-7-13-23/h1-16,21,26-28,31H,17-20H2,(H,29,30)/t26-,27-,28+/m0/s1. The topological polar surface area (TPSA) is 76.6 Å². The van der Waals surface area contributed by atoms with Gasteiger partial charge in [0.2, 0.25) is 0 Å². The number of hydrogen-bond acceptors (Lipinski definition) is 5. The van der Waals surface area contributed by atoms with Crippen molar-refractivity contribution in [2.75, 3.05) is 6.61 Å². The van der Waals surface area contributed by atoms with Crippen molar-refractivity contribution in [2.45, 2.75) is 38.1 Å². The Morgan fingerprint density at radius 2 is 1.18 bits per heavy atom. The van der Waals surface area contributed by atoms with Gasteiger partial charge in [-0.15, -0.1) is 0 Å². The monoisotopic (exact) mass is 458 g/mol. The highest BCUT2D eigenvalue weighted by Gasteiger charge is 2.34. The molecule has 2 N–H and O–H groups in total. The van der Waals surface area contributed by atoms with Crippen LogP contribution in [0.2, 0.25) is 0 Å². The number of aromatic nitrogens is 2. The van der Waals surface area contributed by atoms with Gasteiger partial charge in [-0.25, -0.2) is 4.98 Å². The van der Waals surface area contributed by atoms with Crippen LogP contribution >= 0.6 is 0 Å². The molecule has 0 spiro atoms.